The van der Waals surface area contributed by atoms with Crippen LogP contribution in [0.25, 0.3) is 0 Å². The Morgan fingerprint density at radius 2 is 1.38 bits per heavy atom. The molecule has 34 heavy (non-hydrogen) atoms. The quantitative estimate of drug-likeness (QED) is 0.491. The molecule has 0 unspecified atom stereocenters. The Morgan fingerprint density at radius 1 is 0.765 bits per heavy atom. The summed E-state index contributed by atoms with van der Waals surface area (Å²) in [5, 5.41) is 2.78. The summed E-state index contributed by atoms with van der Waals surface area (Å²) in [6.07, 6.45) is 0. The predicted molar refractivity (Wildman–Crippen MR) is 129 cm³/mol. The predicted octanol–water partition coefficient (Wildman–Crippen LogP) is 3.80. The maximum Gasteiger partial charge on any atom is 0.264 e. The monoisotopic (exact) mass is 486 g/mol. The molecule has 0 saturated heterocycles. The molecule has 3 aromatic carbocycles. The number of rotatable bonds is 9. The molecule has 0 saturated carbocycles. The molecule has 10 heteroatoms. The SMILES string of the molecule is COc1ccc(OC)c(NC(=O)c2ccc(N(C)S(=O)(=O)c3ccc(OC)c(OC)c3)cc2)c1. The highest BCUT2D eigenvalue weighted by molar-refractivity contribution is 7.92. The molecule has 0 aliphatic rings. The highest BCUT2D eigenvalue weighted by Crippen LogP contribution is 2.32. The Hall–Kier alpha value is -3.92. The average molecular weight is 487 g/mol. The molecule has 9 nitrogen and oxygen atoms in total. The van der Waals surface area contributed by atoms with Gasteiger partial charge < -0.3 is 24.3 Å². The lowest BCUT2D eigenvalue weighted by Crippen LogP contribution is -2.26. The number of carbonyl (C=O) groups excluding carboxylic acids is 1. The van der Waals surface area contributed by atoms with Gasteiger partial charge in [-0.1, -0.05) is 0 Å². The van der Waals surface area contributed by atoms with Crippen LogP contribution in [-0.2, 0) is 10.0 Å². The topological polar surface area (TPSA) is 103 Å². The van der Waals surface area contributed by atoms with Crippen molar-refractivity contribution in [3.05, 3.63) is 66.2 Å². The zero-order valence-electron chi connectivity index (χ0n) is 19.5. The van der Waals surface area contributed by atoms with E-state index in [1.165, 1.54) is 65.8 Å². The van der Waals surface area contributed by atoms with E-state index < -0.39 is 10.0 Å². The van der Waals surface area contributed by atoms with Gasteiger partial charge in [0.1, 0.15) is 11.5 Å². The molecule has 0 aliphatic heterocycles. The first-order valence-electron chi connectivity index (χ1n) is 10.1. The van der Waals surface area contributed by atoms with Crippen LogP contribution in [-0.4, -0.2) is 49.8 Å². The van der Waals surface area contributed by atoms with E-state index in [0.717, 1.165) is 4.31 Å². The third-order valence-electron chi connectivity index (χ3n) is 5.16. The van der Waals surface area contributed by atoms with E-state index in [0.29, 0.717) is 39.9 Å². The first kappa shape index (κ1) is 24.7. The molecule has 180 valence electrons. The number of ether oxygens (including phenoxy) is 4. The van der Waals surface area contributed by atoms with E-state index in [4.69, 9.17) is 18.9 Å². The van der Waals surface area contributed by atoms with Crippen molar-refractivity contribution in [2.45, 2.75) is 4.90 Å². The van der Waals surface area contributed by atoms with Gasteiger partial charge in [0, 0.05) is 24.7 Å². The highest BCUT2D eigenvalue weighted by atomic mass is 32.2. The second kappa shape index (κ2) is 10.3. The number of nitrogens with one attached hydrogen (secondary N) is 1. The third-order valence-corrected chi connectivity index (χ3v) is 6.94. The number of methoxy groups -OCH3 is 4. The normalized spacial score (nSPS) is 10.9. The van der Waals surface area contributed by atoms with Crippen LogP contribution in [0.15, 0.2) is 65.6 Å². The minimum atomic E-state index is -3.88. The van der Waals surface area contributed by atoms with E-state index in [2.05, 4.69) is 5.32 Å². The molecule has 0 aromatic heterocycles. The van der Waals surface area contributed by atoms with Crippen LogP contribution in [0.1, 0.15) is 10.4 Å². The summed E-state index contributed by atoms with van der Waals surface area (Å²) in [4.78, 5) is 12.8. The molecule has 0 atom stereocenters. The summed E-state index contributed by atoms with van der Waals surface area (Å²) in [5.41, 5.74) is 1.17. The standard InChI is InChI=1S/C24H26N2O7S/c1-26(34(28,29)19-11-13-22(32-4)23(15-19)33-5)17-8-6-16(7-9-17)24(27)25-20-14-18(30-2)10-12-21(20)31-3/h6-15H,1-5H3,(H,25,27). The zero-order valence-corrected chi connectivity index (χ0v) is 20.3. The van der Waals surface area contributed by atoms with Gasteiger partial charge in [-0.15, -0.1) is 0 Å². The average Bonchev–Trinajstić information content (AvgIpc) is 2.87. The molecule has 0 fully saturated rings. The van der Waals surface area contributed by atoms with Crippen LogP contribution >= 0.6 is 0 Å². The van der Waals surface area contributed by atoms with Crippen molar-refractivity contribution in [2.24, 2.45) is 0 Å². The fourth-order valence-electron chi connectivity index (χ4n) is 3.20. The second-order valence-electron chi connectivity index (χ2n) is 7.06. The maximum absolute atomic E-state index is 13.1. The van der Waals surface area contributed by atoms with Gasteiger partial charge in [-0.25, -0.2) is 8.42 Å². The van der Waals surface area contributed by atoms with Crippen LogP contribution in [0.2, 0.25) is 0 Å². The molecule has 0 bridgehead atoms. The number of anilines is 2. The summed E-state index contributed by atoms with van der Waals surface area (Å²) in [6.45, 7) is 0. The second-order valence-corrected chi connectivity index (χ2v) is 9.03. The molecule has 0 aliphatic carbocycles. The van der Waals surface area contributed by atoms with Gasteiger partial charge in [0.2, 0.25) is 0 Å². The molecule has 1 N–H and O–H groups in total. The molecular weight excluding hydrogens is 460 g/mol. The summed E-state index contributed by atoms with van der Waals surface area (Å²) < 4.78 is 48.2. The van der Waals surface area contributed by atoms with Crippen LogP contribution in [0.3, 0.4) is 0 Å². The smallest absolute Gasteiger partial charge is 0.264 e. The minimum absolute atomic E-state index is 0.0413. The molecule has 0 heterocycles. The maximum atomic E-state index is 13.1. The molecule has 3 rings (SSSR count). The van der Waals surface area contributed by atoms with Crippen LogP contribution in [0.4, 0.5) is 11.4 Å². The van der Waals surface area contributed by atoms with E-state index >= 15 is 0 Å². The van der Waals surface area contributed by atoms with Crippen LogP contribution in [0, 0.1) is 0 Å². The lowest BCUT2D eigenvalue weighted by atomic mass is 10.2. The Kier molecular flexibility index (Phi) is 7.52. The van der Waals surface area contributed by atoms with Gasteiger partial charge in [0.05, 0.1) is 44.7 Å². The Morgan fingerprint density at radius 3 is 1.97 bits per heavy atom. The zero-order chi connectivity index (χ0) is 24.9. The van der Waals surface area contributed by atoms with Crippen LogP contribution < -0.4 is 28.6 Å². The van der Waals surface area contributed by atoms with Crippen molar-refractivity contribution in [1.82, 2.24) is 0 Å². The van der Waals surface area contributed by atoms with E-state index in [9.17, 15) is 13.2 Å². The number of benzene rings is 3. The molecule has 0 spiro atoms. The number of hydrogen-bond acceptors (Lipinski definition) is 7. The van der Waals surface area contributed by atoms with Gasteiger partial charge >= 0.3 is 0 Å². The van der Waals surface area contributed by atoms with Gasteiger partial charge in [0.15, 0.2) is 11.5 Å². The molecule has 0 radical (unpaired) electrons. The van der Waals surface area contributed by atoms with E-state index in [-0.39, 0.29) is 10.8 Å². The Bertz CT molecular complexity index is 1270. The van der Waals surface area contributed by atoms with Crippen molar-refractivity contribution in [3.63, 3.8) is 0 Å². The minimum Gasteiger partial charge on any atom is -0.497 e. The van der Waals surface area contributed by atoms with Crippen molar-refractivity contribution in [2.75, 3.05) is 45.1 Å². The fourth-order valence-corrected chi connectivity index (χ4v) is 4.41. The number of hydrogen-bond donors (Lipinski definition) is 1. The number of amides is 1. The fraction of sp³-hybridized carbons (Fsp3) is 0.208. The summed E-state index contributed by atoms with van der Waals surface area (Å²) >= 11 is 0. The Balaban J connectivity index is 1.82. The third kappa shape index (κ3) is 5.01. The number of nitrogens with zero attached hydrogens (tertiary/aromatic N) is 1. The lowest BCUT2D eigenvalue weighted by molar-refractivity contribution is 0.102. The van der Waals surface area contributed by atoms with Crippen molar-refractivity contribution < 1.29 is 32.2 Å². The van der Waals surface area contributed by atoms with Crippen molar-refractivity contribution in [1.29, 1.82) is 0 Å². The van der Waals surface area contributed by atoms with Gasteiger partial charge in [-0.2, -0.15) is 0 Å². The molecule has 1 amide bonds. The molecule has 3 aromatic rings. The summed E-state index contributed by atoms with van der Waals surface area (Å²) in [6, 6.07) is 15.6. The summed E-state index contributed by atoms with van der Waals surface area (Å²) in [7, 11) is 3.48. The van der Waals surface area contributed by atoms with Gasteiger partial charge in [-0.05, 0) is 48.5 Å². The first-order chi connectivity index (χ1) is 16.2. The Labute approximate surface area is 198 Å². The van der Waals surface area contributed by atoms with Crippen molar-refractivity contribution in [3.8, 4) is 23.0 Å². The first-order valence-corrected chi connectivity index (χ1v) is 11.5. The van der Waals surface area contributed by atoms with Crippen molar-refractivity contribution >= 4 is 27.3 Å². The van der Waals surface area contributed by atoms with Crippen LogP contribution in [0.5, 0.6) is 23.0 Å². The largest absolute Gasteiger partial charge is 0.497 e. The van der Waals surface area contributed by atoms with Gasteiger partial charge in [-0.3, -0.25) is 9.10 Å². The molecular formula is C24H26N2O7S. The van der Waals surface area contributed by atoms with Gasteiger partial charge in [0.25, 0.3) is 15.9 Å². The highest BCUT2D eigenvalue weighted by Gasteiger charge is 2.23. The number of sulfonamides is 1. The lowest BCUT2D eigenvalue weighted by Gasteiger charge is -2.20. The number of carbonyl (C=O) groups is 1. The summed E-state index contributed by atoms with van der Waals surface area (Å²) in [5.74, 6) is 1.38. The van der Waals surface area contributed by atoms with E-state index in [1.54, 1.807) is 30.3 Å². The van der Waals surface area contributed by atoms with E-state index in [1.807, 2.05) is 0 Å².